The van der Waals surface area contributed by atoms with E-state index < -0.39 is 0 Å². The predicted molar refractivity (Wildman–Crippen MR) is 371 cm³/mol. The van der Waals surface area contributed by atoms with Gasteiger partial charge in [0, 0.05) is 48.4 Å². The van der Waals surface area contributed by atoms with Gasteiger partial charge in [0.1, 0.15) is 98.9 Å². The van der Waals surface area contributed by atoms with Crippen LogP contribution in [0.1, 0.15) is 44.5 Å². The summed E-state index contributed by atoms with van der Waals surface area (Å²) in [5, 5.41) is 0. The first-order chi connectivity index (χ1) is 47.3. The number of fused-ring (bicyclic) bond motifs is 8. The van der Waals surface area contributed by atoms with Gasteiger partial charge in [-0.3, -0.25) is 0 Å². The Bertz CT molecular complexity index is 2950. The fourth-order valence-corrected chi connectivity index (χ4v) is 10.5. The number of ether oxygens (including phenoxy) is 16. The van der Waals surface area contributed by atoms with Gasteiger partial charge in [0.05, 0.1) is 106 Å². The second-order valence-electron chi connectivity index (χ2n) is 22.3. The molecule has 8 aromatic rings. The van der Waals surface area contributed by atoms with Crippen molar-refractivity contribution in [3.8, 4) is 46.0 Å². The number of nitrogen functional groups attached to an aromatic ring is 4. The van der Waals surface area contributed by atoms with Crippen molar-refractivity contribution in [1.29, 1.82) is 0 Å². The topological polar surface area (TPSA) is 252 Å². The van der Waals surface area contributed by atoms with Crippen LogP contribution in [0.5, 0.6) is 46.0 Å². The van der Waals surface area contributed by atoms with E-state index >= 15 is 0 Å². The normalized spacial score (nSPS) is 11.8. The average Bonchev–Trinajstić information content (AvgIpc) is 0.813. The average molecular weight is 1320 g/mol. The Labute approximate surface area is 563 Å². The van der Waals surface area contributed by atoms with Crippen molar-refractivity contribution in [2.75, 3.05) is 181 Å². The third kappa shape index (κ3) is 25.0. The molecule has 0 saturated heterocycles. The van der Waals surface area contributed by atoms with Gasteiger partial charge >= 0.3 is 0 Å². The second kappa shape index (κ2) is 41.1. The number of anilines is 4. The van der Waals surface area contributed by atoms with E-state index in [0.29, 0.717) is 207 Å². The minimum Gasteiger partial charge on any atom is -0.491 e. The van der Waals surface area contributed by atoms with E-state index in [-0.39, 0.29) is 0 Å². The molecule has 1 aliphatic rings. The van der Waals surface area contributed by atoms with Gasteiger partial charge in [0.15, 0.2) is 0 Å². The van der Waals surface area contributed by atoms with Crippen molar-refractivity contribution in [1.82, 2.24) is 0 Å². The largest absolute Gasteiger partial charge is 0.491 e. The number of para-hydroxylation sites is 4. The van der Waals surface area contributed by atoms with Crippen molar-refractivity contribution in [2.45, 2.75) is 25.7 Å². The van der Waals surface area contributed by atoms with E-state index in [9.17, 15) is 0 Å². The van der Waals surface area contributed by atoms with Crippen LogP contribution in [0.3, 0.4) is 0 Å². The molecule has 8 aromatic carbocycles. The molecule has 96 heavy (non-hydrogen) atoms. The zero-order chi connectivity index (χ0) is 66.5. The molecule has 0 radical (unpaired) electrons. The fraction of sp³-hybridized carbons (Fsp3) is 0.368. The molecule has 0 fully saturated rings. The molecule has 0 unspecified atom stereocenters. The molecule has 0 aliphatic heterocycles. The number of benzene rings is 8. The minimum atomic E-state index is 0.294. The van der Waals surface area contributed by atoms with Gasteiger partial charge in [0.2, 0.25) is 0 Å². The standard InChI is InChI=1S/C76H92N4O16/c77-65-13-21-69(22-14-65)89-45-37-81-29-33-85-41-49-93-73-57-5-1-6-58(73)54-60-8-3-10-62(75(60)95-51-43-87-35-31-83-39-47-91-71-25-17-67(79)18-26-71)56-64-12-4-11-63(76(64)96-52-44-88-36-32-84-40-48-92-72-27-19-68(80)20-28-72)55-61-9-2-7-59(53-57)74(61)94-50-42-86-34-30-82-38-46-90-70-23-15-66(78)16-24-70/h1-28H,29-56,77-80H2. The highest BCUT2D eigenvalue weighted by Gasteiger charge is 2.22. The van der Waals surface area contributed by atoms with Crippen LogP contribution in [0.25, 0.3) is 0 Å². The minimum absolute atomic E-state index is 0.294. The molecular weight excluding hydrogens is 1220 g/mol. The molecule has 0 heterocycles. The number of rotatable bonds is 44. The first-order valence-corrected chi connectivity index (χ1v) is 32.8. The van der Waals surface area contributed by atoms with Gasteiger partial charge in [-0.05, 0) is 142 Å². The third-order valence-electron chi connectivity index (χ3n) is 15.1. The molecule has 8 N–H and O–H groups in total. The van der Waals surface area contributed by atoms with Crippen molar-refractivity contribution in [3.05, 3.63) is 214 Å². The predicted octanol–water partition coefficient (Wildman–Crippen LogP) is 10.7. The monoisotopic (exact) mass is 1320 g/mol. The maximum atomic E-state index is 6.86. The van der Waals surface area contributed by atoms with Gasteiger partial charge in [-0.1, -0.05) is 72.8 Å². The summed E-state index contributed by atoms with van der Waals surface area (Å²) < 4.78 is 98.1. The maximum Gasteiger partial charge on any atom is 0.126 e. The van der Waals surface area contributed by atoms with Crippen molar-refractivity contribution in [3.63, 3.8) is 0 Å². The zero-order valence-corrected chi connectivity index (χ0v) is 54.8. The molecule has 20 nitrogen and oxygen atoms in total. The van der Waals surface area contributed by atoms with Crippen LogP contribution in [-0.4, -0.2) is 159 Å². The van der Waals surface area contributed by atoms with Gasteiger partial charge < -0.3 is 98.7 Å². The lowest BCUT2D eigenvalue weighted by Crippen LogP contribution is -2.16. The first-order valence-electron chi connectivity index (χ1n) is 32.8. The van der Waals surface area contributed by atoms with Crippen molar-refractivity contribution < 1.29 is 75.8 Å². The smallest absolute Gasteiger partial charge is 0.126 e. The highest BCUT2D eigenvalue weighted by Crippen LogP contribution is 2.39. The van der Waals surface area contributed by atoms with Crippen molar-refractivity contribution in [2.24, 2.45) is 0 Å². The third-order valence-corrected chi connectivity index (χ3v) is 15.1. The van der Waals surface area contributed by atoms with Crippen LogP contribution in [0, 0.1) is 0 Å². The Morgan fingerprint density at radius 1 is 0.177 bits per heavy atom. The molecule has 1 aliphatic carbocycles. The van der Waals surface area contributed by atoms with Crippen LogP contribution in [-0.2, 0) is 63.6 Å². The van der Waals surface area contributed by atoms with E-state index in [1.807, 2.05) is 48.5 Å². The summed E-state index contributed by atoms with van der Waals surface area (Å²) in [7, 11) is 0. The molecule has 9 rings (SSSR count). The Morgan fingerprint density at radius 2 is 0.323 bits per heavy atom. The summed E-state index contributed by atoms with van der Waals surface area (Å²) in [4.78, 5) is 0. The summed E-state index contributed by atoms with van der Waals surface area (Å²) in [6.45, 7) is 8.93. The highest BCUT2D eigenvalue weighted by atomic mass is 16.6. The summed E-state index contributed by atoms with van der Waals surface area (Å²) in [6, 6.07) is 54.4. The van der Waals surface area contributed by atoms with Gasteiger partial charge in [0.25, 0.3) is 0 Å². The lowest BCUT2D eigenvalue weighted by atomic mass is 9.91. The molecule has 0 aromatic heterocycles. The van der Waals surface area contributed by atoms with E-state index in [1.54, 1.807) is 48.5 Å². The molecular formula is C76H92N4O16. The number of nitrogens with two attached hydrogens (primary N) is 4. The Kier molecular flexibility index (Phi) is 30.5. The van der Waals surface area contributed by atoms with E-state index in [2.05, 4.69) is 72.8 Å². The Morgan fingerprint density at radius 3 is 0.490 bits per heavy atom. The van der Waals surface area contributed by atoms with Crippen LogP contribution in [0.15, 0.2) is 170 Å². The second-order valence-corrected chi connectivity index (χ2v) is 22.3. The zero-order valence-electron chi connectivity index (χ0n) is 54.8. The van der Waals surface area contributed by atoms with Crippen LogP contribution >= 0.6 is 0 Å². The van der Waals surface area contributed by atoms with Gasteiger partial charge in [-0.2, -0.15) is 0 Å². The lowest BCUT2D eigenvalue weighted by molar-refractivity contribution is 0.0270. The van der Waals surface area contributed by atoms with Crippen LogP contribution in [0.2, 0.25) is 0 Å². The van der Waals surface area contributed by atoms with E-state index in [0.717, 1.165) is 90.5 Å². The fourth-order valence-electron chi connectivity index (χ4n) is 10.5. The molecule has 512 valence electrons. The quantitative estimate of drug-likeness (QED) is 0.0205. The summed E-state index contributed by atoms with van der Waals surface area (Å²) >= 11 is 0. The highest BCUT2D eigenvalue weighted by molar-refractivity contribution is 5.56. The summed E-state index contributed by atoms with van der Waals surface area (Å²) in [5.41, 5.74) is 33.9. The Hall–Kier alpha value is -8.96. The molecule has 0 spiro atoms. The number of hydrogen-bond donors (Lipinski definition) is 4. The first kappa shape index (κ1) is 71.3. The molecule has 0 atom stereocenters. The molecule has 8 bridgehead atoms. The Balaban J connectivity index is 0.899. The van der Waals surface area contributed by atoms with Gasteiger partial charge in [-0.25, -0.2) is 0 Å². The van der Waals surface area contributed by atoms with E-state index in [1.165, 1.54) is 0 Å². The van der Waals surface area contributed by atoms with Crippen LogP contribution < -0.4 is 60.8 Å². The van der Waals surface area contributed by atoms with E-state index in [4.69, 9.17) is 98.7 Å². The maximum absolute atomic E-state index is 6.86. The molecule has 0 saturated carbocycles. The molecule has 0 amide bonds. The SMILES string of the molecule is Nc1ccc(OCCOCCOCCOc2c3cccc2Cc2cccc(c2OCCOCCOCCOc2ccc(N)cc2)Cc2cccc(c2OCCOCCOCCOc2ccc(N)cc2)Cc2cccc(c2OCCOCCOCCOc2ccc(N)cc2)C3)cc1. The number of hydrogen-bond acceptors (Lipinski definition) is 20. The summed E-state index contributed by atoms with van der Waals surface area (Å²) in [6.07, 6.45) is 1.97. The van der Waals surface area contributed by atoms with Crippen LogP contribution in [0.4, 0.5) is 22.7 Å². The van der Waals surface area contributed by atoms with Crippen molar-refractivity contribution >= 4 is 22.7 Å². The van der Waals surface area contributed by atoms with Gasteiger partial charge in [-0.15, -0.1) is 0 Å². The summed E-state index contributed by atoms with van der Waals surface area (Å²) in [5.74, 6) is 5.99. The lowest BCUT2D eigenvalue weighted by Gasteiger charge is -2.23. The molecule has 20 heteroatoms.